The summed E-state index contributed by atoms with van der Waals surface area (Å²) >= 11 is 0.954. The van der Waals surface area contributed by atoms with E-state index in [1.54, 1.807) is 18.2 Å². The van der Waals surface area contributed by atoms with Gasteiger partial charge in [-0.05, 0) is 24.3 Å². The Morgan fingerprint density at radius 2 is 1.95 bits per heavy atom. The van der Waals surface area contributed by atoms with Crippen molar-refractivity contribution in [3.05, 3.63) is 54.1 Å². The smallest absolute Gasteiger partial charge is 0.234 e. The van der Waals surface area contributed by atoms with Gasteiger partial charge in [0.05, 0.1) is 11.4 Å². The van der Waals surface area contributed by atoms with E-state index < -0.39 is 11.6 Å². The number of halogens is 2. The number of phenols is 1. The van der Waals surface area contributed by atoms with Crippen molar-refractivity contribution in [3.8, 4) is 5.75 Å². The molecule has 0 unspecified atom stereocenters. The molecular formula is C14H11F2NO2S. The minimum atomic E-state index is -0.703. The summed E-state index contributed by atoms with van der Waals surface area (Å²) in [5.41, 5.74) is 0.290. The van der Waals surface area contributed by atoms with Crippen LogP contribution in [0, 0.1) is 11.6 Å². The molecule has 0 fully saturated rings. The van der Waals surface area contributed by atoms with Crippen molar-refractivity contribution < 1.29 is 18.7 Å². The van der Waals surface area contributed by atoms with Gasteiger partial charge in [-0.15, -0.1) is 11.8 Å². The molecule has 0 heterocycles. The third-order valence-corrected chi connectivity index (χ3v) is 3.48. The maximum absolute atomic E-state index is 13.4. The molecule has 0 saturated carbocycles. The van der Waals surface area contributed by atoms with E-state index in [1.807, 2.05) is 0 Å². The molecule has 104 valence electrons. The van der Waals surface area contributed by atoms with E-state index in [0.717, 1.165) is 23.9 Å². The van der Waals surface area contributed by atoms with E-state index in [-0.39, 0.29) is 28.0 Å². The molecule has 0 radical (unpaired) electrons. The largest absolute Gasteiger partial charge is 0.506 e. The number of amides is 1. The first-order valence-corrected chi connectivity index (χ1v) is 6.70. The monoisotopic (exact) mass is 295 g/mol. The fraction of sp³-hybridized carbons (Fsp3) is 0.0714. The minimum absolute atomic E-state index is 0.0428. The summed E-state index contributed by atoms with van der Waals surface area (Å²) in [4.78, 5) is 11.9. The minimum Gasteiger partial charge on any atom is -0.506 e. The molecule has 2 aromatic rings. The Morgan fingerprint density at radius 1 is 1.20 bits per heavy atom. The summed E-state index contributed by atoms with van der Waals surface area (Å²) in [6.45, 7) is 0. The van der Waals surface area contributed by atoms with Gasteiger partial charge in [-0.25, -0.2) is 8.78 Å². The van der Waals surface area contributed by atoms with Crippen LogP contribution in [-0.2, 0) is 4.79 Å². The summed E-state index contributed by atoms with van der Waals surface area (Å²) in [7, 11) is 0. The molecule has 0 spiro atoms. The van der Waals surface area contributed by atoms with Gasteiger partial charge >= 0.3 is 0 Å². The molecule has 0 aliphatic carbocycles. The molecule has 1 amide bonds. The van der Waals surface area contributed by atoms with E-state index in [0.29, 0.717) is 0 Å². The third kappa shape index (κ3) is 3.71. The quantitative estimate of drug-likeness (QED) is 0.671. The topological polar surface area (TPSA) is 49.3 Å². The maximum atomic E-state index is 13.4. The van der Waals surface area contributed by atoms with Crippen molar-refractivity contribution in [2.75, 3.05) is 11.1 Å². The second-order valence-corrected chi connectivity index (χ2v) is 4.95. The molecule has 0 aromatic heterocycles. The summed E-state index contributed by atoms with van der Waals surface area (Å²) in [5, 5.41) is 12.0. The number of thioether (sulfide) groups is 1. The zero-order valence-corrected chi connectivity index (χ0v) is 11.1. The fourth-order valence-corrected chi connectivity index (χ4v) is 2.22. The van der Waals surface area contributed by atoms with Crippen LogP contribution in [-0.4, -0.2) is 16.8 Å². The zero-order valence-electron chi connectivity index (χ0n) is 10.3. The van der Waals surface area contributed by atoms with E-state index in [9.17, 15) is 18.7 Å². The number of rotatable bonds is 4. The molecule has 20 heavy (non-hydrogen) atoms. The fourth-order valence-electron chi connectivity index (χ4n) is 1.50. The number of aromatic hydroxyl groups is 1. The van der Waals surface area contributed by atoms with Crippen molar-refractivity contribution >= 4 is 23.4 Å². The standard InChI is InChI=1S/C14H11F2NO2S/c15-9-5-6-13(10(16)7-9)20-8-14(19)17-11-3-1-2-4-12(11)18/h1-7,18H,8H2,(H,17,19). The summed E-state index contributed by atoms with van der Waals surface area (Å²) in [5.74, 6) is -1.84. The lowest BCUT2D eigenvalue weighted by Gasteiger charge is -2.07. The van der Waals surface area contributed by atoms with Crippen LogP contribution in [0.3, 0.4) is 0 Å². The highest BCUT2D eigenvalue weighted by molar-refractivity contribution is 8.00. The lowest BCUT2D eigenvalue weighted by molar-refractivity contribution is -0.113. The molecule has 0 saturated heterocycles. The number of para-hydroxylation sites is 2. The van der Waals surface area contributed by atoms with Gasteiger partial charge < -0.3 is 10.4 Å². The Morgan fingerprint density at radius 3 is 2.65 bits per heavy atom. The van der Waals surface area contributed by atoms with Gasteiger partial charge in [-0.2, -0.15) is 0 Å². The number of nitrogens with one attached hydrogen (secondary N) is 1. The first-order valence-electron chi connectivity index (χ1n) is 5.72. The number of phenolic OH excluding ortho intramolecular Hbond substituents is 1. The number of carbonyl (C=O) groups is 1. The Kier molecular flexibility index (Phi) is 4.57. The van der Waals surface area contributed by atoms with Crippen LogP contribution in [0.4, 0.5) is 14.5 Å². The van der Waals surface area contributed by atoms with E-state index in [2.05, 4.69) is 5.32 Å². The van der Waals surface area contributed by atoms with Gasteiger partial charge in [0.2, 0.25) is 5.91 Å². The Balaban J connectivity index is 1.94. The number of carbonyl (C=O) groups excluding carboxylic acids is 1. The molecule has 0 atom stereocenters. The number of hydrogen-bond acceptors (Lipinski definition) is 3. The van der Waals surface area contributed by atoms with Crippen molar-refractivity contribution in [2.45, 2.75) is 4.90 Å². The van der Waals surface area contributed by atoms with Gasteiger partial charge in [-0.3, -0.25) is 4.79 Å². The van der Waals surface area contributed by atoms with Crippen LogP contribution in [0.5, 0.6) is 5.75 Å². The summed E-state index contributed by atoms with van der Waals surface area (Å²) < 4.78 is 26.1. The predicted molar refractivity (Wildman–Crippen MR) is 73.8 cm³/mol. The molecule has 6 heteroatoms. The molecule has 0 aliphatic heterocycles. The van der Waals surface area contributed by atoms with Crippen molar-refractivity contribution in [3.63, 3.8) is 0 Å². The third-order valence-electron chi connectivity index (χ3n) is 2.43. The highest BCUT2D eigenvalue weighted by Crippen LogP contribution is 2.24. The first kappa shape index (κ1) is 14.3. The van der Waals surface area contributed by atoms with Gasteiger partial charge in [0.1, 0.15) is 17.4 Å². The van der Waals surface area contributed by atoms with Crippen LogP contribution in [0.1, 0.15) is 0 Å². The lowest BCUT2D eigenvalue weighted by atomic mass is 10.3. The average Bonchev–Trinajstić information content (AvgIpc) is 2.40. The predicted octanol–water partition coefficient (Wildman–Crippen LogP) is 3.40. The Hall–Kier alpha value is -2.08. The molecule has 0 bridgehead atoms. The van der Waals surface area contributed by atoms with Gasteiger partial charge in [0.25, 0.3) is 0 Å². The van der Waals surface area contributed by atoms with E-state index >= 15 is 0 Å². The first-order chi connectivity index (χ1) is 9.56. The van der Waals surface area contributed by atoms with Crippen LogP contribution < -0.4 is 5.32 Å². The molecule has 3 nitrogen and oxygen atoms in total. The molecular weight excluding hydrogens is 284 g/mol. The molecule has 2 aromatic carbocycles. The van der Waals surface area contributed by atoms with Gasteiger partial charge in [0, 0.05) is 11.0 Å². The highest BCUT2D eigenvalue weighted by Gasteiger charge is 2.09. The van der Waals surface area contributed by atoms with E-state index in [1.165, 1.54) is 12.1 Å². The van der Waals surface area contributed by atoms with Crippen LogP contribution in [0.2, 0.25) is 0 Å². The van der Waals surface area contributed by atoms with Gasteiger partial charge in [-0.1, -0.05) is 12.1 Å². The van der Waals surface area contributed by atoms with Crippen molar-refractivity contribution in [1.29, 1.82) is 0 Å². The van der Waals surface area contributed by atoms with Crippen LogP contribution in [0.25, 0.3) is 0 Å². The SMILES string of the molecule is O=C(CSc1ccc(F)cc1F)Nc1ccccc1O. The second-order valence-electron chi connectivity index (χ2n) is 3.93. The normalized spacial score (nSPS) is 10.3. The number of benzene rings is 2. The van der Waals surface area contributed by atoms with E-state index in [4.69, 9.17) is 0 Å². The Labute approximate surface area is 118 Å². The van der Waals surface area contributed by atoms with Crippen molar-refractivity contribution in [2.24, 2.45) is 0 Å². The molecule has 2 rings (SSSR count). The van der Waals surface area contributed by atoms with Crippen molar-refractivity contribution in [1.82, 2.24) is 0 Å². The number of anilines is 1. The van der Waals surface area contributed by atoms with Crippen LogP contribution >= 0.6 is 11.8 Å². The molecule has 0 aliphatic rings. The average molecular weight is 295 g/mol. The lowest BCUT2D eigenvalue weighted by Crippen LogP contribution is -2.14. The second kappa shape index (κ2) is 6.38. The maximum Gasteiger partial charge on any atom is 0.234 e. The summed E-state index contributed by atoms with van der Waals surface area (Å²) in [6.07, 6.45) is 0. The molecule has 2 N–H and O–H groups in total. The number of hydrogen-bond donors (Lipinski definition) is 2. The Bertz CT molecular complexity index is 634. The van der Waals surface area contributed by atoms with Gasteiger partial charge in [0.15, 0.2) is 0 Å². The van der Waals surface area contributed by atoms with Crippen LogP contribution in [0.15, 0.2) is 47.4 Å². The summed E-state index contributed by atoms with van der Waals surface area (Å²) in [6, 6.07) is 9.48. The highest BCUT2D eigenvalue weighted by atomic mass is 32.2. The zero-order chi connectivity index (χ0) is 14.5.